The van der Waals surface area contributed by atoms with Gasteiger partial charge in [-0.2, -0.15) is 0 Å². The number of hydrogen-bond acceptors (Lipinski definition) is 3. The second-order valence-corrected chi connectivity index (χ2v) is 8.34. The Labute approximate surface area is 151 Å². The highest BCUT2D eigenvalue weighted by molar-refractivity contribution is 5.98. The lowest BCUT2D eigenvalue weighted by atomic mass is 9.92. The standard InChI is InChI=1S/C20H31N3O2/c1-14-9-10-23(17(11-14)12-21)19(25)16-7-5-15(6-8-16)18(24)22-13-20(2,3)4/h5-8,14,17H,9-13,21H2,1-4H3,(H,22,24). The van der Waals surface area contributed by atoms with E-state index in [1.165, 1.54) is 0 Å². The molecule has 3 N–H and O–H groups in total. The van der Waals surface area contributed by atoms with Gasteiger partial charge in [-0.25, -0.2) is 0 Å². The number of nitrogens with one attached hydrogen (secondary N) is 1. The van der Waals surface area contributed by atoms with Gasteiger partial charge in [-0.15, -0.1) is 0 Å². The van der Waals surface area contributed by atoms with Crippen molar-refractivity contribution in [1.82, 2.24) is 10.2 Å². The molecule has 2 amide bonds. The van der Waals surface area contributed by atoms with Crippen molar-refractivity contribution in [2.75, 3.05) is 19.6 Å². The molecule has 2 atom stereocenters. The van der Waals surface area contributed by atoms with E-state index in [1.807, 2.05) is 4.90 Å². The molecule has 2 unspecified atom stereocenters. The van der Waals surface area contributed by atoms with E-state index >= 15 is 0 Å². The Balaban J connectivity index is 2.03. The van der Waals surface area contributed by atoms with Crippen molar-refractivity contribution in [3.05, 3.63) is 35.4 Å². The Kier molecular flexibility index (Phi) is 6.22. The average molecular weight is 345 g/mol. The summed E-state index contributed by atoms with van der Waals surface area (Å²) >= 11 is 0. The Morgan fingerprint density at radius 3 is 2.36 bits per heavy atom. The van der Waals surface area contributed by atoms with Crippen LogP contribution in [0.2, 0.25) is 0 Å². The zero-order valence-corrected chi connectivity index (χ0v) is 15.8. The van der Waals surface area contributed by atoms with Crippen LogP contribution in [0.1, 0.15) is 61.3 Å². The summed E-state index contributed by atoms with van der Waals surface area (Å²) in [5, 5.41) is 2.92. The van der Waals surface area contributed by atoms with E-state index in [0.29, 0.717) is 30.1 Å². The number of amides is 2. The molecule has 1 fully saturated rings. The van der Waals surface area contributed by atoms with Gasteiger partial charge in [0.25, 0.3) is 11.8 Å². The molecule has 0 aliphatic carbocycles. The fourth-order valence-corrected chi connectivity index (χ4v) is 3.12. The molecule has 1 aliphatic rings. The number of benzene rings is 1. The molecule has 1 saturated heterocycles. The van der Waals surface area contributed by atoms with Crippen LogP contribution >= 0.6 is 0 Å². The molecule has 25 heavy (non-hydrogen) atoms. The second kappa shape index (κ2) is 8.00. The maximum Gasteiger partial charge on any atom is 0.254 e. The van der Waals surface area contributed by atoms with Crippen LogP contribution in [-0.4, -0.2) is 42.4 Å². The summed E-state index contributed by atoms with van der Waals surface area (Å²) in [6.45, 7) is 10.3. The average Bonchev–Trinajstić information content (AvgIpc) is 2.58. The fraction of sp³-hybridized carbons (Fsp3) is 0.600. The van der Waals surface area contributed by atoms with Gasteiger partial charge >= 0.3 is 0 Å². The maximum absolute atomic E-state index is 12.8. The number of likely N-dealkylation sites (tertiary alicyclic amines) is 1. The lowest BCUT2D eigenvalue weighted by molar-refractivity contribution is 0.0573. The number of rotatable bonds is 4. The highest BCUT2D eigenvalue weighted by Gasteiger charge is 2.29. The monoisotopic (exact) mass is 345 g/mol. The molecule has 138 valence electrons. The fourth-order valence-electron chi connectivity index (χ4n) is 3.12. The molecule has 1 aliphatic heterocycles. The van der Waals surface area contributed by atoms with E-state index in [2.05, 4.69) is 33.0 Å². The summed E-state index contributed by atoms with van der Waals surface area (Å²) in [5.74, 6) is 0.496. The first-order chi connectivity index (χ1) is 11.7. The molecule has 0 saturated carbocycles. The highest BCUT2D eigenvalue weighted by atomic mass is 16.2. The molecular formula is C20H31N3O2. The van der Waals surface area contributed by atoms with Crippen LogP contribution in [0.3, 0.4) is 0 Å². The third kappa shape index (κ3) is 5.30. The van der Waals surface area contributed by atoms with Crippen LogP contribution in [0.25, 0.3) is 0 Å². The van der Waals surface area contributed by atoms with E-state index in [-0.39, 0.29) is 23.3 Å². The number of hydrogen-bond donors (Lipinski definition) is 2. The molecule has 5 heteroatoms. The summed E-state index contributed by atoms with van der Waals surface area (Å²) in [4.78, 5) is 26.9. The lowest BCUT2D eigenvalue weighted by Gasteiger charge is -2.38. The van der Waals surface area contributed by atoms with Crippen LogP contribution in [0.15, 0.2) is 24.3 Å². The SMILES string of the molecule is CC1CCN(C(=O)c2ccc(C(=O)NCC(C)(C)C)cc2)C(CN)C1. The smallest absolute Gasteiger partial charge is 0.254 e. The summed E-state index contributed by atoms with van der Waals surface area (Å²) < 4.78 is 0. The Bertz CT molecular complexity index is 604. The maximum atomic E-state index is 12.8. The minimum Gasteiger partial charge on any atom is -0.352 e. The zero-order chi connectivity index (χ0) is 18.6. The van der Waals surface area contributed by atoms with Gasteiger partial charge in [0.2, 0.25) is 0 Å². The van der Waals surface area contributed by atoms with Gasteiger partial charge in [-0.1, -0.05) is 27.7 Å². The minimum atomic E-state index is -0.111. The first kappa shape index (κ1) is 19.4. The second-order valence-electron chi connectivity index (χ2n) is 8.34. The molecule has 5 nitrogen and oxygen atoms in total. The van der Waals surface area contributed by atoms with Crippen LogP contribution in [0, 0.1) is 11.3 Å². The molecule has 0 radical (unpaired) electrons. The predicted molar refractivity (Wildman–Crippen MR) is 101 cm³/mol. The molecule has 1 heterocycles. The molecule has 0 spiro atoms. The summed E-state index contributed by atoms with van der Waals surface area (Å²) in [6, 6.07) is 7.01. The van der Waals surface area contributed by atoms with E-state index in [4.69, 9.17) is 5.73 Å². The molecule has 0 aromatic heterocycles. The van der Waals surface area contributed by atoms with Crippen molar-refractivity contribution in [2.24, 2.45) is 17.1 Å². The molecule has 1 aromatic rings. The third-order valence-corrected chi connectivity index (χ3v) is 4.68. The summed E-state index contributed by atoms with van der Waals surface area (Å²) in [6.07, 6.45) is 1.96. The van der Waals surface area contributed by atoms with Crippen molar-refractivity contribution in [1.29, 1.82) is 0 Å². The minimum absolute atomic E-state index is 0.00370. The quantitative estimate of drug-likeness (QED) is 0.881. The van der Waals surface area contributed by atoms with Crippen LogP contribution < -0.4 is 11.1 Å². The van der Waals surface area contributed by atoms with Gasteiger partial charge in [-0.3, -0.25) is 9.59 Å². The van der Waals surface area contributed by atoms with Gasteiger partial charge in [0.15, 0.2) is 0 Å². The molecule has 0 bridgehead atoms. The predicted octanol–water partition coefficient (Wildman–Crippen LogP) is 2.66. The highest BCUT2D eigenvalue weighted by Crippen LogP contribution is 2.23. The van der Waals surface area contributed by atoms with Crippen molar-refractivity contribution in [2.45, 2.75) is 46.6 Å². The van der Waals surface area contributed by atoms with E-state index in [9.17, 15) is 9.59 Å². The van der Waals surface area contributed by atoms with Crippen LogP contribution in [0.4, 0.5) is 0 Å². The number of nitrogens with zero attached hydrogens (tertiary/aromatic N) is 1. The topological polar surface area (TPSA) is 75.4 Å². The molecule has 1 aromatic carbocycles. The number of carbonyl (C=O) groups is 2. The van der Waals surface area contributed by atoms with Gasteiger partial charge in [-0.05, 0) is 48.4 Å². The first-order valence-electron chi connectivity index (χ1n) is 9.10. The Morgan fingerprint density at radius 2 is 1.80 bits per heavy atom. The summed E-state index contributed by atoms with van der Waals surface area (Å²) in [7, 11) is 0. The van der Waals surface area contributed by atoms with Crippen molar-refractivity contribution < 1.29 is 9.59 Å². The van der Waals surface area contributed by atoms with Crippen LogP contribution in [0.5, 0.6) is 0 Å². The number of carbonyl (C=O) groups excluding carboxylic acids is 2. The third-order valence-electron chi connectivity index (χ3n) is 4.68. The van der Waals surface area contributed by atoms with Crippen molar-refractivity contribution in [3.63, 3.8) is 0 Å². The van der Waals surface area contributed by atoms with E-state index in [1.54, 1.807) is 24.3 Å². The summed E-state index contributed by atoms with van der Waals surface area (Å²) in [5.41, 5.74) is 7.08. The number of piperidine rings is 1. The Morgan fingerprint density at radius 1 is 1.20 bits per heavy atom. The first-order valence-corrected chi connectivity index (χ1v) is 9.10. The largest absolute Gasteiger partial charge is 0.352 e. The van der Waals surface area contributed by atoms with Crippen molar-refractivity contribution >= 4 is 11.8 Å². The van der Waals surface area contributed by atoms with Gasteiger partial charge in [0.1, 0.15) is 0 Å². The van der Waals surface area contributed by atoms with E-state index < -0.39 is 0 Å². The normalized spacial score (nSPS) is 21.1. The molecule has 2 rings (SSSR count). The van der Waals surface area contributed by atoms with Crippen LogP contribution in [-0.2, 0) is 0 Å². The van der Waals surface area contributed by atoms with Gasteiger partial charge < -0.3 is 16.0 Å². The van der Waals surface area contributed by atoms with Gasteiger partial charge in [0, 0.05) is 36.8 Å². The number of nitrogens with two attached hydrogens (primary N) is 1. The Hall–Kier alpha value is -1.88. The van der Waals surface area contributed by atoms with E-state index in [0.717, 1.165) is 19.4 Å². The lowest BCUT2D eigenvalue weighted by Crippen LogP contribution is -2.49. The van der Waals surface area contributed by atoms with Gasteiger partial charge in [0.05, 0.1) is 0 Å². The molecular weight excluding hydrogens is 314 g/mol. The zero-order valence-electron chi connectivity index (χ0n) is 15.8. The van der Waals surface area contributed by atoms with Crippen molar-refractivity contribution in [3.8, 4) is 0 Å².